The van der Waals surface area contributed by atoms with Crippen molar-refractivity contribution < 1.29 is 14.3 Å². The monoisotopic (exact) mass is 343 g/mol. The number of hydrogen-bond acceptors (Lipinski definition) is 6. The summed E-state index contributed by atoms with van der Waals surface area (Å²) < 4.78 is 12.5. The topological polar surface area (TPSA) is 90.3 Å². The molecule has 0 bridgehead atoms. The molecule has 0 aliphatic carbocycles. The third kappa shape index (κ3) is 3.43. The highest BCUT2D eigenvalue weighted by atomic mass is 16.7. The fourth-order valence-electron chi connectivity index (χ4n) is 3.20. The van der Waals surface area contributed by atoms with Gasteiger partial charge in [0.15, 0.2) is 11.5 Å². The number of nitrogens with zero attached hydrogens (tertiary/aromatic N) is 3. The normalized spacial score (nSPS) is 19.3. The van der Waals surface area contributed by atoms with E-state index >= 15 is 0 Å². The average Bonchev–Trinajstić information content (AvgIpc) is 3.27. The smallest absolute Gasteiger partial charge is 0.237 e. The van der Waals surface area contributed by atoms with Crippen molar-refractivity contribution in [1.29, 1.82) is 0 Å². The maximum Gasteiger partial charge on any atom is 0.237 e. The van der Waals surface area contributed by atoms with E-state index in [1.165, 1.54) is 0 Å². The van der Waals surface area contributed by atoms with E-state index in [-0.39, 0.29) is 24.8 Å². The minimum atomic E-state index is -0.274. The standard InChI is InChI=1S/C17H21N5O3/c1-11(21-13-3-5-16-19-9-20-22(16)8-13)17(23)18-7-12-2-4-14-15(6-12)25-10-24-14/h2,4,6,9,11,13,21H,3,5,7-8,10H2,1H3,(H,18,23)/t11-,13+/m1/s1. The van der Waals surface area contributed by atoms with Crippen molar-refractivity contribution in [2.45, 2.75) is 44.9 Å². The van der Waals surface area contributed by atoms with Gasteiger partial charge in [0.1, 0.15) is 12.2 Å². The van der Waals surface area contributed by atoms with Crippen LogP contribution in [0.15, 0.2) is 24.5 Å². The van der Waals surface area contributed by atoms with Crippen LogP contribution in [0.5, 0.6) is 11.5 Å². The van der Waals surface area contributed by atoms with Crippen LogP contribution in [-0.4, -0.2) is 39.5 Å². The summed E-state index contributed by atoms with van der Waals surface area (Å²) in [6, 6.07) is 5.64. The van der Waals surface area contributed by atoms with E-state index in [0.717, 1.165) is 42.3 Å². The lowest BCUT2D eigenvalue weighted by atomic mass is 10.1. The predicted octanol–water partition coefficient (Wildman–Crippen LogP) is 0.616. The molecule has 2 atom stereocenters. The van der Waals surface area contributed by atoms with Gasteiger partial charge in [-0.15, -0.1) is 0 Å². The molecule has 1 amide bonds. The second-order valence-corrected chi connectivity index (χ2v) is 6.39. The molecule has 2 N–H and O–H groups in total. The van der Waals surface area contributed by atoms with Gasteiger partial charge in [-0.2, -0.15) is 5.10 Å². The zero-order valence-electron chi connectivity index (χ0n) is 14.1. The summed E-state index contributed by atoms with van der Waals surface area (Å²) in [4.78, 5) is 16.6. The van der Waals surface area contributed by atoms with Crippen LogP contribution in [-0.2, 0) is 24.3 Å². The molecule has 0 saturated heterocycles. The quantitative estimate of drug-likeness (QED) is 0.827. The second-order valence-electron chi connectivity index (χ2n) is 6.39. The molecular formula is C17H21N5O3. The Morgan fingerprint density at radius 1 is 1.40 bits per heavy atom. The molecule has 0 spiro atoms. The number of carbonyl (C=O) groups excluding carboxylic acids is 1. The number of amides is 1. The molecule has 3 heterocycles. The Kier molecular flexibility index (Phi) is 4.27. The van der Waals surface area contributed by atoms with Gasteiger partial charge in [0.05, 0.1) is 12.6 Å². The van der Waals surface area contributed by atoms with Gasteiger partial charge in [-0.25, -0.2) is 9.67 Å². The van der Waals surface area contributed by atoms with Crippen molar-refractivity contribution in [3.8, 4) is 11.5 Å². The highest BCUT2D eigenvalue weighted by Crippen LogP contribution is 2.32. The Labute approximate surface area is 145 Å². The lowest BCUT2D eigenvalue weighted by Crippen LogP contribution is -2.49. The Morgan fingerprint density at radius 2 is 2.28 bits per heavy atom. The Bertz CT molecular complexity index is 775. The fourth-order valence-corrected chi connectivity index (χ4v) is 3.20. The minimum Gasteiger partial charge on any atom is -0.454 e. The van der Waals surface area contributed by atoms with Crippen LogP contribution in [0, 0.1) is 0 Å². The third-order valence-electron chi connectivity index (χ3n) is 4.59. The van der Waals surface area contributed by atoms with Gasteiger partial charge in [-0.05, 0) is 31.0 Å². The summed E-state index contributed by atoms with van der Waals surface area (Å²) in [5, 5.41) is 10.5. The lowest BCUT2D eigenvalue weighted by molar-refractivity contribution is -0.123. The van der Waals surface area contributed by atoms with Crippen molar-refractivity contribution in [3.63, 3.8) is 0 Å². The third-order valence-corrected chi connectivity index (χ3v) is 4.59. The van der Waals surface area contributed by atoms with E-state index in [1.54, 1.807) is 6.33 Å². The first-order valence-electron chi connectivity index (χ1n) is 8.48. The molecule has 0 saturated carbocycles. The van der Waals surface area contributed by atoms with Crippen LogP contribution in [0.2, 0.25) is 0 Å². The van der Waals surface area contributed by atoms with Gasteiger partial charge in [-0.1, -0.05) is 6.07 Å². The first-order chi connectivity index (χ1) is 12.2. The maximum absolute atomic E-state index is 12.4. The summed E-state index contributed by atoms with van der Waals surface area (Å²) in [5.41, 5.74) is 0.981. The molecule has 8 heteroatoms. The number of aromatic nitrogens is 3. The largest absolute Gasteiger partial charge is 0.454 e. The van der Waals surface area contributed by atoms with Gasteiger partial charge in [0, 0.05) is 19.0 Å². The number of fused-ring (bicyclic) bond motifs is 2. The van der Waals surface area contributed by atoms with Crippen LogP contribution in [0.25, 0.3) is 0 Å². The minimum absolute atomic E-state index is 0.0259. The molecule has 25 heavy (non-hydrogen) atoms. The molecular weight excluding hydrogens is 322 g/mol. The molecule has 4 rings (SSSR count). The SMILES string of the molecule is C[C@@H](N[C@H]1CCc2ncnn2C1)C(=O)NCc1ccc2c(c1)OCO2. The Hall–Kier alpha value is -2.61. The Balaban J connectivity index is 1.28. The number of carbonyl (C=O) groups is 1. The van der Waals surface area contributed by atoms with Crippen molar-refractivity contribution in [2.75, 3.05) is 6.79 Å². The van der Waals surface area contributed by atoms with Gasteiger partial charge >= 0.3 is 0 Å². The van der Waals surface area contributed by atoms with E-state index in [9.17, 15) is 4.79 Å². The second kappa shape index (κ2) is 6.72. The van der Waals surface area contributed by atoms with E-state index in [1.807, 2.05) is 29.8 Å². The van der Waals surface area contributed by atoms with Crippen LogP contribution in [0.3, 0.4) is 0 Å². The van der Waals surface area contributed by atoms with E-state index < -0.39 is 0 Å². The molecule has 0 fully saturated rings. The van der Waals surface area contributed by atoms with E-state index in [4.69, 9.17) is 9.47 Å². The molecule has 0 unspecified atom stereocenters. The molecule has 132 valence electrons. The number of hydrogen-bond donors (Lipinski definition) is 2. The molecule has 2 aliphatic rings. The number of aryl methyl sites for hydroxylation is 1. The number of benzene rings is 1. The van der Waals surface area contributed by atoms with E-state index in [0.29, 0.717) is 6.54 Å². The lowest BCUT2D eigenvalue weighted by Gasteiger charge is -2.26. The van der Waals surface area contributed by atoms with E-state index in [2.05, 4.69) is 20.7 Å². The van der Waals surface area contributed by atoms with Gasteiger partial charge in [-0.3, -0.25) is 4.79 Å². The molecule has 1 aromatic heterocycles. The summed E-state index contributed by atoms with van der Waals surface area (Å²) in [7, 11) is 0. The first kappa shape index (κ1) is 15.9. The molecule has 2 aliphatic heterocycles. The number of nitrogens with one attached hydrogen (secondary N) is 2. The molecule has 1 aromatic carbocycles. The van der Waals surface area contributed by atoms with Gasteiger partial charge in [0.25, 0.3) is 0 Å². The first-order valence-corrected chi connectivity index (χ1v) is 8.48. The number of ether oxygens (including phenoxy) is 2. The van der Waals surface area contributed by atoms with Gasteiger partial charge < -0.3 is 20.1 Å². The van der Waals surface area contributed by atoms with Crippen molar-refractivity contribution in [3.05, 3.63) is 35.9 Å². The van der Waals surface area contributed by atoms with Crippen molar-refractivity contribution in [2.24, 2.45) is 0 Å². The molecule has 2 aromatic rings. The number of rotatable bonds is 5. The van der Waals surface area contributed by atoms with Crippen LogP contribution in [0.4, 0.5) is 0 Å². The fraction of sp³-hybridized carbons (Fsp3) is 0.471. The van der Waals surface area contributed by atoms with Crippen LogP contribution >= 0.6 is 0 Å². The zero-order chi connectivity index (χ0) is 17.2. The average molecular weight is 343 g/mol. The highest BCUT2D eigenvalue weighted by Gasteiger charge is 2.23. The van der Waals surface area contributed by atoms with Crippen molar-refractivity contribution >= 4 is 5.91 Å². The predicted molar refractivity (Wildman–Crippen MR) is 89.1 cm³/mol. The van der Waals surface area contributed by atoms with Gasteiger partial charge in [0.2, 0.25) is 12.7 Å². The van der Waals surface area contributed by atoms with Crippen LogP contribution in [0.1, 0.15) is 24.7 Å². The molecule has 8 nitrogen and oxygen atoms in total. The zero-order valence-corrected chi connectivity index (χ0v) is 14.1. The maximum atomic E-state index is 12.4. The van der Waals surface area contributed by atoms with Crippen molar-refractivity contribution in [1.82, 2.24) is 25.4 Å². The summed E-state index contributed by atoms with van der Waals surface area (Å²) in [5.74, 6) is 2.46. The summed E-state index contributed by atoms with van der Waals surface area (Å²) in [6.45, 7) is 3.33. The Morgan fingerprint density at radius 3 is 3.20 bits per heavy atom. The van der Waals surface area contributed by atoms with Crippen LogP contribution < -0.4 is 20.1 Å². The summed E-state index contributed by atoms with van der Waals surface area (Å²) >= 11 is 0. The summed E-state index contributed by atoms with van der Waals surface area (Å²) in [6.07, 6.45) is 3.42. The highest BCUT2D eigenvalue weighted by molar-refractivity contribution is 5.81. The molecule has 0 radical (unpaired) electrons.